The molecule has 0 aliphatic rings. The van der Waals surface area contributed by atoms with Gasteiger partial charge in [0.25, 0.3) is 0 Å². The van der Waals surface area contributed by atoms with Gasteiger partial charge >= 0.3 is 5.97 Å². The number of hydrogen-bond donors (Lipinski definition) is 1. The van der Waals surface area contributed by atoms with Crippen LogP contribution >= 0.6 is 11.3 Å². The van der Waals surface area contributed by atoms with Crippen molar-refractivity contribution in [1.29, 1.82) is 0 Å². The SMILES string of the molecule is CCOC(=O)c1sc(-c2ccoc2C)c(CC)c1N. The Morgan fingerprint density at radius 3 is 2.74 bits per heavy atom. The molecule has 5 heteroatoms. The van der Waals surface area contributed by atoms with Crippen molar-refractivity contribution < 1.29 is 13.9 Å². The van der Waals surface area contributed by atoms with Crippen LogP contribution in [0, 0.1) is 6.92 Å². The Morgan fingerprint density at radius 2 is 2.21 bits per heavy atom. The third kappa shape index (κ3) is 2.38. The van der Waals surface area contributed by atoms with E-state index in [4.69, 9.17) is 14.9 Å². The molecule has 102 valence electrons. The van der Waals surface area contributed by atoms with Gasteiger partial charge in [-0.3, -0.25) is 0 Å². The zero-order valence-corrected chi connectivity index (χ0v) is 12.1. The van der Waals surface area contributed by atoms with E-state index >= 15 is 0 Å². The Bertz CT molecular complexity index is 598. The first-order valence-electron chi connectivity index (χ1n) is 6.22. The van der Waals surface area contributed by atoms with Crippen LogP contribution in [0.25, 0.3) is 10.4 Å². The lowest BCUT2D eigenvalue weighted by atomic mass is 10.1. The average Bonchev–Trinajstić information content (AvgIpc) is 2.93. The van der Waals surface area contributed by atoms with Gasteiger partial charge in [0.1, 0.15) is 10.6 Å². The normalized spacial score (nSPS) is 10.7. The predicted octanol–water partition coefficient (Wildman–Crippen LogP) is 3.64. The number of nitrogen functional groups attached to an aromatic ring is 1. The number of carbonyl (C=O) groups is 1. The molecule has 0 aromatic carbocycles. The van der Waals surface area contributed by atoms with Crippen LogP contribution in [0.4, 0.5) is 5.69 Å². The molecule has 0 saturated heterocycles. The Morgan fingerprint density at radius 1 is 1.47 bits per heavy atom. The van der Waals surface area contributed by atoms with Gasteiger partial charge in [-0.25, -0.2) is 4.79 Å². The lowest BCUT2D eigenvalue weighted by Crippen LogP contribution is -2.05. The minimum absolute atomic E-state index is 0.345. The van der Waals surface area contributed by atoms with Crippen molar-refractivity contribution in [3.8, 4) is 10.4 Å². The molecule has 2 N–H and O–H groups in total. The van der Waals surface area contributed by atoms with Crippen LogP contribution in [-0.4, -0.2) is 12.6 Å². The summed E-state index contributed by atoms with van der Waals surface area (Å²) in [5.41, 5.74) is 8.58. The van der Waals surface area contributed by atoms with Gasteiger partial charge in [0.2, 0.25) is 0 Å². The molecule has 0 fully saturated rings. The van der Waals surface area contributed by atoms with E-state index in [1.165, 1.54) is 11.3 Å². The number of thiophene rings is 1. The summed E-state index contributed by atoms with van der Waals surface area (Å²) in [5, 5.41) is 0. The minimum Gasteiger partial charge on any atom is -0.469 e. The van der Waals surface area contributed by atoms with Crippen LogP contribution in [0.15, 0.2) is 16.7 Å². The zero-order valence-electron chi connectivity index (χ0n) is 11.3. The second kappa shape index (κ2) is 5.48. The van der Waals surface area contributed by atoms with E-state index < -0.39 is 0 Å². The lowest BCUT2D eigenvalue weighted by molar-refractivity contribution is 0.0533. The molecule has 0 atom stereocenters. The second-order valence-corrected chi connectivity index (χ2v) is 5.14. The molecule has 2 aromatic heterocycles. The summed E-state index contributed by atoms with van der Waals surface area (Å²) < 4.78 is 10.4. The molecule has 2 aromatic rings. The molecule has 0 saturated carbocycles. The number of esters is 1. The maximum absolute atomic E-state index is 11.9. The highest BCUT2D eigenvalue weighted by Crippen LogP contribution is 2.40. The third-order valence-corrected chi connectivity index (χ3v) is 4.23. The van der Waals surface area contributed by atoms with Crippen molar-refractivity contribution in [3.05, 3.63) is 28.5 Å². The summed E-state index contributed by atoms with van der Waals surface area (Å²) in [6.45, 7) is 6.04. The van der Waals surface area contributed by atoms with Crippen molar-refractivity contribution in [2.24, 2.45) is 0 Å². The number of nitrogens with two attached hydrogens (primary N) is 1. The molecule has 0 aliphatic heterocycles. The molecule has 4 nitrogen and oxygen atoms in total. The molecule has 2 rings (SSSR count). The first-order chi connectivity index (χ1) is 9.10. The summed E-state index contributed by atoms with van der Waals surface area (Å²) in [4.78, 5) is 13.4. The summed E-state index contributed by atoms with van der Waals surface area (Å²) >= 11 is 1.37. The van der Waals surface area contributed by atoms with Gasteiger partial charge in [-0.1, -0.05) is 6.92 Å². The number of anilines is 1. The molecule has 2 heterocycles. The number of hydrogen-bond acceptors (Lipinski definition) is 5. The molecule has 0 bridgehead atoms. The van der Waals surface area contributed by atoms with Crippen LogP contribution < -0.4 is 5.73 Å². The van der Waals surface area contributed by atoms with Crippen molar-refractivity contribution in [1.82, 2.24) is 0 Å². The lowest BCUT2D eigenvalue weighted by Gasteiger charge is -2.01. The van der Waals surface area contributed by atoms with Crippen molar-refractivity contribution in [2.45, 2.75) is 27.2 Å². The number of aryl methyl sites for hydroxylation is 1. The van der Waals surface area contributed by atoms with Gasteiger partial charge in [-0.2, -0.15) is 0 Å². The van der Waals surface area contributed by atoms with E-state index in [1.54, 1.807) is 13.2 Å². The maximum atomic E-state index is 11.9. The monoisotopic (exact) mass is 279 g/mol. The molecule has 0 spiro atoms. The molecule has 0 unspecified atom stereocenters. The fraction of sp³-hybridized carbons (Fsp3) is 0.357. The smallest absolute Gasteiger partial charge is 0.350 e. The Kier molecular flexibility index (Phi) is 3.95. The summed E-state index contributed by atoms with van der Waals surface area (Å²) in [6, 6.07) is 1.90. The number of rotatable bonds is 4. The van der Waals surface area contributed by atoms with Gasteiger partial charge in [0, 0.05) is 10.4 Å². The highest BCUT2D eigenvalue weighted by molar-refractivity contribution is 7.18. The fourth-order valence-electron chi connectivity index (χ4n) is 2.02. The standard InChI is InChI=1S/C14H17NO3S/c1-4-9-11(15)13(14(16)17-5-2)19-12(9)10-6-7-18-8(10)3/h6-7H,4-5,15H2,1-3H3. The molecular formula is C14H17NO3S. The summed E-state index contributed by atoms with van der Waals surface area (Å²) in [6.07, 6.45) is 2.41. The minimum atomic E-state index is -0.355. The Balaban J connectivity index is 2.54. The summed E-state index contributed by atoms with van der Waals surface area (Å²) in [7, 11) is 0. The molecule has 19 heavy (non-hydrogen) atoms. The second-order valence-electron chi connectivity index (χ2n) is 4.12. The van der Waals surface area contributed by atoms with E-state index in [0.29, 0.717) is 17.2 Å². The van der Waals surface area contributed by atoms with Gasteiger partial charge in [-0.05, 0) is 31.9 Å². The number of furan rings is 1. The first kappa shape index (κ1) is 13.7. The molecule has 0 aliphatic carbocycles. The molecular weight excluding hydrogens is 262 g/mol. The van der Waals surface area contributed by atoms with Crippen molar-refractivity contribution in [3.63, 3.8) is 0 Å². The third-order valence-electron chi connectivity index (χ3n) is 2.97. The largest absolute Gasteiger partial charge is 0.469 e. The zero-order chi connectivity index (χ0) is 14.0. The topological polar surface area (TPSA) is 65.5 Å². The number of carbonyl (C=O) groups excluding carboxylic acids is 1. The van der Waals surface area contributed by atoms with Crippen LogP contribution in [-0.2, 0) is 11.2 Å². The van der Waals surface area contributed by atoms with E-state index in [-0.39, 0.29) is 5.97 Å². The van der Waals surface area contributed by atoms with Gasteiger partial charge in [0.05, 0.1) is 18.6 Å². The summed E-state index contributed by atoms with van der Waals surface area (Å²) in [5.74, 6) is 0.471. The van der Waals surface area contributed by atoms with E-state index in [9.17, 15) is 4.79 Å². The fourth-order valence-corrected chi connectivity index (χ4v) is 3.29. The molecule has 0 amide bonds. The maximum Gasteiger partial charge on any atom is 0.350 e. The molecule has 0 radical (unpaired) electrons. The first-order valence-corrected chi connectivity index (χ1v) is 7.04. The van der Waals surface area contributed by atoms with E-state index in [2.05, 4.69) is 0 Å². The van der Waals surface area contributed by atoms with Crippen molar-refractivity contribution >= 4 is 23.0 Å². The van der Waals surface area contributed by atoms with Gasteiger partial charge in [-0.15, -0.1) is 11.3 Å². The highest BCUT2D eigenvalue weighted by Gasteiger charge is 2.23. The van der Waals surface area contributed by atoms with Crippen LogP contribution in [0.1, 0.15) is 34.8 Å². The van der Waals surface area contributed by atoms with E-state index in [0.717, 1.165) is 28.2 Å². The van der Waals surface area contributed by atoms with Gasteiger partial charge < -0.3 is 14.9 Å². The Hall–Kier alpha value is -1.75. The van der Waals surface area contributed by atoms with E-state index in [1.807, 2.05) is 19.9 Å². The highest BCUT2D eigenvalue weighted by atomic mass is 32.1. The predicted molar refractivity (Wildman–Crippen MR) is 76.5 cm³/mol. The van der Waals surface area contributed by atoms with Crippen LogP contribution in [0.5, 0.6) is 0 Å². The van der Waals surface area contributed by atoms with Crippen LogP contribution in [0.3, 0.4) is 0 Å². The number of ether oxygens (including phenoxy) is 1. The Labute approximate surface area is 116 Å². The average molecular weight is 279 g/mol. The van der Waals surface area contributed by atoms with Crippen molar-refractivity contribution in [2.75, 3.05) is 12.3 Å². The van der Waals surface area contributed by atoms with Gasteiger partial charge in [0.15, 0.2) is 0 Å². The van der Waals surface area contributed by atoms with Crippen LogP contribution in [0.2, 0.25) is 0 Å². The quantitative estimate of drug-likeness (QED) is 0.868.